The molecular weight excluding hydrogens is 224 g/mol. The lowest BCUT2D eigenvalue weighted by Gasteiger charge is -2.18. The monoisotopic (exact) mass is 235 g/mol. The minimum Gasteiger partial charge on any atom is -0.298 e. The number of halogens is 2. The van der Waals surface area contributed by atoms with Crippen LogP contribution >= 0.6 is 0 Å². The fourth-order valence-corrected chi connectivity index (χ4v) is 2.28. The average Bonchev–Trinajstić information content (AvgIpc) is 2.66. The number of Topliss-reactive ketones (excluding diaryl/α,β-unsaturated/α-hetero) is 1. The van der Waals surface area contributed by atoms with Crippen molar-refractivity contribution in [2.75, 3.05) is 0 Å². The van der Waals surface area contributed by atoms with E-state index >= 15 is 0 Å². The first-order chi connectivity index (χ1) is 8.07. The first kappa shape index (κ1) is 11.7. The van der Waals surface area contributed by atoms with Crippen LogP contribution in [-0.4, -0.2) is 5.78 Å². The molecule has 1 fully saturated rings. The molecule has 0 spiro atoms. The van der Waals surface area contributed by atoms with E-state index < -0.39 is 17.0 Å². The van der Waals surface area contributed by atoms with Crippen LogP contribution in [-0.2, 0) is 11.2 Å². The number of nitriles is 1. The molecule has 1 aliphatic rings. The van der Waals surface area contributed by atoms with Crippen LogP contribution in [0.25, 0.3) is 0 Å². The predicted octanol–water partition coefficient (Wildman–Crippen LogP) is 2.77. The molecule has 0 aliphatic heterocycles. The summed E-state index contributed by atoms with van der Waals surface area (Å²) in [6.07, 6.45) is 1.39. The van der Waals surface area contributed by atoms with Gasteiger partial charge in [0.25, 0.3) is 0 Å². The second-order valence-corrected chi connectivity index (χ2v) is 4.38. The van der Waals surface area contributed by atoms with Gasteiger partial charge in [0.15, 0.2) is 5.78 Å². The summed E-state index contributed by atoms with van der Waals surface area (Å²) in [6.45, 7) is 0. The molecule has 2 rings (SSSR count). The minimum absolute atomic E-state index is 0.0358. The molecule has 0 amide bonds. The Morgan fingerprint density at radius 3 is 2.76 bits per heavy atom. The SMILES string of the molecule is N#CC1(Cc2cc(F)ccc2F)CCCC1=O. The lowest BCUT2D eigenvalue weighted by Crippen LogP contribution is -2.27. The van der Waals surface area contributed by atoms with Crippen LogP contribution in [0.5, 0.6) is 0 Å². The van der Waals surface area contributed by atoms with Gasteiger partial charge in [0.05, 0.1) is 6.07 Å². The van der Waals surface area contributed by atoms with Gasteiger partial charge in [-0.15, -0.1) is 0 Å². The van der Waals surface area contributed by atoms with Crippen molar-refractivity contribution in [1.82, 2.24) is 0 Å². The molecule has 1 unspecified atom stereocenters. The fraction of sp³-hybridized carbons (Fsp3) is 0.385. The Balaban J connectivity index is 2.34. The molecule has 88 valence electrons. The highest BCUT2D eigenvalue weighted by Gasteiger charge is 2.42. The summed E-state index contributed by atoms with van der Waals surface area (Å²) >= 11 is 0. The van der Waals surface area contributed by atoms with Crippen LogP contribution in [0.3, 0.4) is 0 Å². The zero-order valence-electron chi connectivity index (χ0n) is 9.17. The Hall–Kier alpha value is -1.76. The first-order valence-electron chi connectivity index (χ1n) is 5.46. The summed E-state index contributed by atoms with van der Waals surface area (Å²) in [6, 6.07) is 5.08. The van der Waals surface area contributed by atoms with Crippen LogP contribution in [0.4, 0.5) is 8.78 Å². The van der Waals surface area contributed by atoms with Crippen LogP contribution in [0.1, 0.15) is 24.8 Å². The van der Waals surface area contributed by atoms with E-state index in [0.717, 1.165) is 18.2 Å². The highest BCUT2D eigenvalue weighted by atomic mass is 19.1. The van der Waals surface area contributed by atoms with Gasteiger partial charge in [-0.3, -0.25) is 4.79 Å². The third kappa shape index (κ3) is 2.05. The Kier molecular flexibility index (Phi) is 2.93. The summed E-state index contributed by atoms with van der Waals surface area (Å²) < 4.78 is 26.5. The molecule has 0 radical (unpaired) electrons. The maximum absolute atomic E-state index is 13.5. The van der Waals surface area contributed by atoms with Crippen LogP contribution < -0.4 is 0 Å². The molecule has 1 aromatic carbocycles. The van der Waals surface area contributed by atoms with Crippen molar-refractivity contribution < 1.29 is 13.6 Å². The Bertz CT molecular complexity index is 507. The summed E-state index contributed by atoms with van der Waals surface area (Å²) in [5.74, 6) is -1.29. The molecule has 0 N–H and O–H groups in total. The molecule has 0 heterocycles. The molecule has 0 bridgehead atoms. The Morgan fingerprint density at radius 1 is 1.41 bits per heavy atom. The van der Waals surface area contributed by atoms with E-state index in [2.05, 4.69) is 0 Å². The maximum Gasteiger partial charge on any atom is 0.153 e. The lowest BCUT2D eigenvalue weighted by atomic mass is 9.80. The van der Waals surface area contributed by atoms with Crippen molar-refractivity contribution in [1.29, 1.82) is 5.26 Å². The third-order valence-corrected chi connectivity index (χ3v) is 3.26. The Morgan fingerprint density at radius 2 is 2.18 bits per heavy atom. The fourth-order valence-electron chi connectivity index (χ4n) is 2.28. The van der Waals surface area contributed by atoms with Gasteiger partial charge in [0, 0.05) is 12.8 Å². The van der Waals surface area contributed by atoms with Gasteiger partial charge in [-0.25, -0.2) is 8.78 Å². The van der Waals surface area contributed by atoms with E-state index in [9.17, 15) is 13.6 Å². The zero-order chi connectivity index (χ0) is 12.5. The highest BCUT2D eigenvalue weighted by Crippen LogP contribution is 2.37. The highest BCUT2D eigenvalue weighted by molar-refractivity contribution is 5.89. The first-order valence-corrected chi connectivity index (χ1v) is 5.46. The summed E-state index contributed by atoms with van der Waals surface area (Å²) in [5, 5.41) is 9.12. The maximum atomic E-state index is 13.5. The molecule has 0 aromatic heterocycles. The molecule has 1 saturated carbocycles. The smallest absolute Gasteiger partial charge is 0.153 e. The number of hydrogen-bond acceptors (Lipinski definition) is 2. The van der Waals surface area contributed by atoms with Gasteiger partial charge in [0.1, 0.15) is 17.0 Å². The molecule has 2 nitrogen and oxygen atoms in total. The van der Waals surface area contributed by atoms with Gasteiger partial charge >= 0.3 is 0 Å². The molecular formula is C13H11F2NO. The number of carbonyl (C=O) groups is 1. The molecule has 0 saturated heterocycles. The molecule has 1 atom stereocenters. The second kappa shape index (κ2) is 4.25. The Labute approximate surface area is 97.9 Å². The third-order valence-electron chi connectivity index (χ3n) is 3.26. The van der Waals surface area contributed by atoms with E-state index in [1.165, 1.54) is 0 Å². The van der Waals surface area contributed by atoms with Crippen molar-refractivity contribution in [2.24, 2.45) is 5.41 Å². The van der Waals surface area contributed by atoms with Gasteiger partial charge in [-0.2, -0.15) is 5.26 Å². The average molecular weight is 235 g/mol. The van der Waals surface area contributed by atoms with E-state index in [4.69, 9.17) is 5.26 Å². The van der Waals surface area contributed by atoms with Gasteiger partial charge < -0.3 is 0 Å². The van der Waals surface area contributed by atoms with Crippen molar-refractivity contribution >= 4 is 5.78 Å². The van der Waals surface area contributed by atoms with Crippen LogP contribution in [0.15, 0.2) is 18.2 Å². The minimum atomic E-state index is -1.16. The topological polar surface area (TPSA) is 40.9 Å². The number of benzene rings is 1. The van der Waals surface area contributed by atoms with Crippen molar-refractivity contribution in [3.63, 3.8) is 0 Å². The molecule has 1 aliphatic carbocycles. The normalized spacial score (nSPS) is 23.7. The number of rotatable bonds is 2. The van der Waals surface area contributed by atoms with Crippen molar-refractivity contribution in [2.45, 2.75) is 25.7 Å². The number of nitrogens with zero attached hydrogens (tertiary/aromatic N) is 1. The standard InChI is InChI=1S/C13H11F2NO/c14-10-3-4-11(15)9(6-10)7-13(8-16)5-1-2-12(13)17/h3-4,6H,1-2,5,7H2. The lowest BCUT2D eigenvalue weighted by molar-refractivity contribution is -0.123. The van der Waals surface area contributed by atoms with Crippen LogP contribution in [0.2, 0.25) is 0 Å². The predicted molar refractivity (Wildman–Crippen MR) is 57.0 cm³/mol. The van der Waals surface area contributed by atoms with Crippen molar-refractivity contribution in [3.8, 4) is 6.07 Å². The number of ketones is 1. The van der Waals surface area contributed by atoms with Gasteiger partial charge in [-0.1, -0.05) is 0 Å². The van der Waals surface area contributed by atoms with Crippen molar-refractivity contribution in [3.05, 3.63) is 35.4 Å². The van der Waals surface area contributed by atoms with E-state index in [-0.39, 0.29) is 17.8 Å². The molecule has 1 aromatic rings. The number of carbonyl (C=O) groups excluding carboxylic acids is 1. The largest absolute Gasteiger partial charge is 0.298 e. The second-order valence-electron chi connectivity index (χ2n) is 4.38. The van der Waals surface area contributed by atoms with E-state index in [1.54, 1.807) is 0 Å². The van der Waals surface area contributed by atoms with E-state index in [0.29, 0.717) is 19.3 Å². The van der Waals surface area contributed by atoms with Gasteiger partial charge in [-0.05, 0) is 36.6 Å². The number of hydrogen-bond donors (Lipinski definition) is 0. The zero-order valence-corrected chi connectivity index (χ0v) is 9.17. The van der Waals surface area contributed by atoms with E-state index in [1.807, 2.05) is 6.07 Å². The van der Waals surface area contributed by atoms with Gasteiger partial charge in [0.2, 0.25) is 0 Å². The molecule has 17 heavy (non-hydrogen) atoms. The summed E-state index contributed by atoms with van der Waals surface area (Å²) in [7, 11) is 0. The van der Waals surface area contributed by atoms with Crippen LogP contribution in [0, 0.1) is 28.4 Å². The molecule has 4 heteroatoms. The summed E-state index contributed by atoms with van der Waals surface area (Å²) in [5.41, 5.74) is -1.06. The summed E-state index contributed by atoms with van der Waals surface area (Å²) in [4.78, 5) is 11.7. The quantitative estimate of drug-likeness (QED) is 0.790.